The molecule has 3 heteroatoms. The van der Waals surface area contributed by atoms with Crippen molar-refractivity contribution in [1.29, 1.82) is 0 Å². The largest absolute Gasteiger partial charge is 0.456 e. The van der Waals surface area contributed by atoms with Crippen LogP contribution in [0.4, 0.5) is 17.1 Å². The molecule has 250 valence electrons. The van der Waals surface area contributed by atoms with Gasteiger partial charge in [0.15, 0.2) is 0 Å². The Bertz CT molecular complexity index is 3050. The molecule has 0 amide bonds. The number of hydrogen-bond donors (Lipinski definition) is 0. The summed E-state index contributed by atoms with van der Waals surface area (Å²) >= 11 is 0. The van der Waals surface area contributed by atoms with Gasteiger partial charge in [-0.3, -0.25) is 0 Å². The third kappa shape index (κ3) is 4.74. The van der Waals surface area contributed by atoms with E-state index in [9.17, 15) is 0 Å². The number of rotatable bonds is 5. The summed E-state index contributed by atoms with van der Waals surface area (Å²) in [5.74, 6) is 0. The van der Waals surface area contributed by atoms with Gasteiger partial charge in [-0.2, -0.15) is 0 Å². The van der Waals surface area contributed by atoms with Crippen LogP contribution < -0.4 is 4.90 Å². The molecule has 0 bridgehead atoms. The van der Waals surface area contributed by atoms with Gasteiger partial charge >= 0.3 is 0 Å². The molecule has 8 aromatic carbocycles. The van der Waals surface area contributed by atoms with Crippen LogP contribution in [-0.2, 0) is 6.42 Å². The summed E-state index contributed by atoms with van der Waals surface area (Å²) in [5.41, 5.74) is 12.6. The zero-order valence-corrected chi connectivity index (χ0v) is 29.0. The quantitative estimate of drug-likeness (QED) is 0.169. The number of fused-ring (bicyclic) bond motifs is 9. The molecule has 0 unspecified atom stereocenters. The van der Waals surface area contributed by atoms with Crippen LogP contribution in [0, 0.1) is 0 Å². The van der Waals surface area contributed by atoms with Crippen molar-refractivity contribution < 1.29 is 4.42 Å². The van der Waals surface area contributed by atoms with Crippen molar-refractivity contribution in [1.82, 2.24) is 4.57 Å². The Hall–Kier alpha value is -6.84. The van der Waals surface area contributed by atoms with E-state index >= 15 is 0 Å². The van der Waals surface area contributed by atoms with Crippen LogP contribution in [0.25, 0.3) is 77.3 Å². The highest BCUT2D eigenvalue weighted by molar-refractivity contribution is 6.14. The summed E-state index contributed by atoms with van der Waals surface area (Å²) in [6.07, 6.45) is 6.70. The highest BCUT2D eigenvalue weighted by atomic mass is 16.3. The molecule has 1 aliphatic carbocycles. The monoisotopic (exact) mass is 678 g/mol. The minimum Gasteiger partial charge on any atom is -0.456 e. The Labute approximate surface area is 307 Å². The summed E-state index contributed by atoms with van der Waals surface area (Å²) in [6, 6.07) is 61.5. The predicted octanol–water partition coefficient (Wildman–Crippen LogP) is 13.9. The Morgan fingerprint density at radius 1 is 0.491 bits per heavy atom. The number of allylic oxidation sites excluding steroid dienone is 1. The van der Waals surface area contributed by atoms with Gasteiger partial charge in [0.2, 0.25) is 0 Å². The lowest BCUT2D eigenvalue weighted by molar-refractivity contribution is 0.669. The van der Waals surface area contributed by atoms with Gasteiger partial charge in [0.1, 0.15) is 11.2 Å². The SMILES string of the molecule is C1=Cc2c(n(-c3ccccc3)c3ccc(N(c4ccc(-c5cc6ccccc6c6ccccc56)cc4)c4ccc5oc6ccccc6c5c4)cc23)CC1. The maximum absolute atomic E-state index is 6.26. The van der Waals surface area contributed by atoms with Gasteiger partial charge in [0.25, 0.3) is 0 Å². The fourth-order valence-corrected chi connectivity index (χ4v) is 8.60. The first-order valence-corrected chi connectivity index (χ1v) is 18.4. The Balaban J connectivity index is 1.11. The molecule has 53 heavy (non-hydrogen) atoms. The van der Waals surface area contributed by atoms with E-state index in [4.69, 9.17) is 4.42 Å². The van der Waals surface area contributed by atoms with Crippen LogP contribution >= 0.6 is 0 Å². The number of hydrogen-bond acceptors (Lipinski definition) is 2. The molecule has 1 aliphatic rings. The first-order valence-electron chi connectivity index (χ1n) is 18.4. The van der Waals surface area contributed by atoms with E-state index in [2.05, 4.69) is 179 Å². The van der Waals surface area contributed by atoms with Crippen molar-refractivity contribution in [2.75, 3.05) is 4.90 Å². The zero-order valence-electron chi connectivity index (χ0n) is 29.0. The van der Waals surface area contributed by atoms with Crippen LogP contribution in [0.3, 0.4) is 0 Å². The minimum absolute atomic E-state index is 0.892. The smallest absolute Gasteiger partial charge is 0.135 e. The zero-order chi connectivity index (χ0) is 34.9. The predicted molar refractivity (Wildman–Crippen MR) is 223 cm³/mol. The standard InChI is InChI=1S/C50H34N2O/c1-2-13-35(14-3-1)52-47-20-10-8-18-42(47)45-31-37(26-28-48(45)52)51(38-27-29-50-46(32-38)43-19-9-11-21-49(43)53-50)36-24-22-33(23-25-36)44-30-34-12-4-5-15-39(34)40-16-6-7-17-41(40)44/h1-9,11-19,21-32H,10,20H2. The molecule has 2 heterocycles. The molecule has 0 fully saturated rings. The second-order valence-corrected chi connectivity index (χ2v) is 14.0. The lowest BCUT2D eigenvalue weighted by Crippen LogP contribution is -2.10. The van der Waals surface area contributed by atoms with E-state index < -0.39 is 0 Å². The molecule has 0 saturated heterocycles. The second-order valence-electron chi connectivity index (χ2n) is 14.0. The topological polar surface area (TPSA) is 21.3 Å². The molecule has 10 aromatic rings. The van der Waals surface area contributed by atoms with Gasteiger partial charge < -0.3 is 13.9 Å². The molecule has 0 radical (unpaired) electrons. The second kappa shape index (κ2) is 11.9. The summed E-state index contributed by atoms with van der Waals surface area (Å²) in [4.78, 5) is 2.39. The van der Waals surface area contributed by atoms with Crippen LogP contribution in [0.1, 0.15) is 17.7 Å². The average Bonchev–Trinajstić information content (AvgIpc) is 3.76. The lowest BCUT2D eigenvalue weighted by Gasteiger charge is -2.26. The number of nitrogens with zero attached hydrogens (tertiary/aromatic N) is 2. The number of aromatic nitrogens is 1. The van der Waals surface area contributed by atoms with E-state index in [0.29, 0.717) is 0 Å². The van der Waals surface area contributed by atoms with Gasteiger partial charge in [0.05, 0.1) is 5.52 Å². The molecule has 0 N–H and O–H groups in total. The molecule has 0 aliphatic heterocycles. The summed E-state index contributed by atoms with van der Waals surface area (Å²) in [7, 11) is 0. The van der Waals surface area contributed by atoms with Gasteiger partial charge in [-0.05, 0) is 118 Å². The molecule has 11 rings (SSSR count). The van der Waals surface area contributed by atoms with Crippen molar-refractivity contribution in [2.45, 2.75) is 12.8 Å². The van der Waals surface area contributed by atoms with Crippen molar-refractivity contribution >= 4 is 77.5 Å². The minimum atomic E-state index is 0.892. The molecule has 0 saturated carbocycles. The van der Waals surface area contributed by atoms with E-state index in [1.807, 2.05) is 12.1 Å². The average molecular weight is 679 g/mol. The van der Waals surface area contributed by atoms with Crippen molar-refractivity contribution in [3.8, 4) is 16.8 Å². The van der Waals surface area contributed by atoms with Crippen LogP contribution in [0.15, 0.2) is 180 Å². The summed E-state index contributed by atoms with van der Waals surface area (Å²) in [6.45, 7) is 0. The molecular formula is C50H34N2O. The number of furan rings is 1. The maximum Gasteiger partial charge on any atom is 0.135 e. The number of para-hydroxylation sites is 2. The highest BCUT2D eigenvalue weighted by Crippen LogP contribution is 2.43. The van der Waals surface area contributed by atoms with Gasteiger partial charge in [-0.1, -0.05) is 109 Å². The molecule has 0 atom stereocenters. The lowest BCUT2D eigenvalue weighted by atomic mass is 9.93. The van der Waals surface area contributed by atoms with Crippen LogP contribution in [0.2, 0.25) is 0 Å². The summed E-state index contributed by atoms with van der Waals surface area (Å²) in [5, 5.41) is 8.57. The normalized spacial score (nSPS) is 12.7. The summed E-state index contributed by atoms with van der Waals surface area (Å²) < 4.78 is 8.72. The van der Waals surface area contributed by atoms with E-state index in [1.54, 1.807) is 0 Å². The Kier molecular flexibility index (Phi) is 6.68. The molecule has 2 aromatic heterocycles. The van der Waals surface area contributed by atoms with E-state index in [1.165, 1.54) is 60.5 Å². The molecule has 0 spiro atoms. The first-order chi connectivity index (χ1) is 26.3. The van der Waals surface area contributed by atoms with Crippen molar-refractivity contribution in [3.63, 3.8) is 0 Å². The van der Waals surface area contributed by atoms with Gasteiger partial charge in [-0.15, -0.1) is 0 Å². The Morgan fingerprint density at radius 3 is 2.00 bits per heavy atom. The van der Waals surface area contributed by atoms with E-state index in [-0.39, 0.29) is 0 Å². The fraction of sp³-hybridized carbons (Fsp3) is 0.0400. The number of anilines is 3. The molecular weight excluding hydrogens is 645 g/mol. The van der Waals surface area contributed by atoms with Gasteiger partial charge in [-0.25, -0.2) is 0 Å². The molecule has 3 nitrogen and oxygen atoms in total. The fourth-order valence-electron chi connectivity index (χ4n) is 8.60. The van der Waals surface area contributed by atoms with E-state index in [0.717, 1.165) is 51.8 Å². The Morgan fingerprint density at radius 2 is 1.15 bits per heavy atom. The third-order valence-electron chi connectivity index (χ3n) is 11.0. The third-order valence-corrected chi connectivity index (χ3v) is 11.0. The van der Waals surface area contributed by atoms with Crippen molar-refractivity contribution in [3.05, 3.63) is 187 Å². The van der Waals surface area contributed by atoms with Crippen LogP contribution in [0.5, 0.6) is 0 Å². The van der Waals surface area contributed by atoms with Crippen molar-refractivity contribution in [2.24, 2.45) is 0 Å². The first kappa shape index (κ1) is 29.8. The van der Waals surface area contributed by atoms with Crippen LogP contribution in [-0.4, -0.2) is 4.57 Å². The maximum atomic E-state index is 6.26. The highest BCUT2D eigenvalue weighted by Gasteiger charge is 2.22. The number of benzene rings is 8. The van der Waals surface area contributed by atoms with Gasteiger partial charge in [0, 0.05) is 50.2 Å².